The molecular weight excluding hydrogens is 376 g/mol. The number of allylic oxidation sites excluding steroid dienone is 1. The highest BCUT2D eigenvalue weighted by Crippen LogP contribution is 2.30. The van der Waals surface area contributed by atoms with Gasteiger partial charge in [-0.3, -0.25) is 0 Å². The summed E-state index contributed by atoms with van der Waals surface area (Å²) in [5.41, 5.74) is 0.431. The molecule has 0 aliphatic heterocycles. The summed E-state index contributed by atoms with van der Waals surface area (Å²) in [6.45, 7) is -0.153. The number of halogens is 1. The van der Waals surface area contributed by atoms with Crippen molar-refractivity contribution >= 4 is 27.5 Å². The molecule has 0 unspecified atom stereocenters. The van der Waals surface area contributed by atoms with E-state index in [1.54, 1.807) is 12.1 Å². The van der Waals surface area contributed by atoms with Gasteiger partial charge in [-0.05, 0) is 48.0 Å². The van der Waals surface area contributed by atoms with E-state index >= 15 is 0 Å². The van der Waals surface area contributed by atoms with Gasteiger partial charge in [-0.1, -0.05) is 17.7 Å². The first-order valence-electron chi connectivity index (χ1n) is 7.22. The molecule has 2 aromatic rings. The van der Waals surface area contributed by atoms with Crippen LogP contribution in [-0.4, -0.2) is 22.1 Å². The van der Waals surface area contributed by atoms with E-state index in [9.17, 15) is 13.7 Å². The smallest absolute Gasteiger partial charge is 0.216 e. The van der Waals surface area contributed by atoms with E-state index in [1.165, 1.54) is 49.6 Å². The third-order valence-corrected chi connectivity index (χ3v) is 5.23. The van der Waals surface area contributed by atoms with E-state index in [4.69, 9.17) is 26.3 Å². The molecule has 0 bridgehead atoms. The molecule has 0 saturated carbocycles. The number of sulfone groups is 1. The van der Waals surface area contributed by atoms with Gasteiger partial charge in [0.15, 0.2) is 18.1 Å². The first kappa shape index (κ1) is 19.3. The van der Waals surface area contributed by atoms with Gasteiger partial charge < -0.3 is 9.47 Å². The van der Waals surface area contributed by atoms with Crippen LogP contribution < -0.4 is 9.47 Å². The van der Waals surface area contributed by atoms with Crippen LogP contribution in [0.25, 0.3) is 6.08 Å². The Hall–Kier alpha value is -3.00. The maximum Gasteiger partial charge on any atom is 0.216 e. The van der Waals surface area contributed by atoms with Crippen LogP contribution in [0.4, 0.5) is 0 Å². The Bertz CT molecular complexity index is 1020. The molecule has 0 atom stereocenters. The molecule has 8 heteroatoms. The Morgan fingerprint density at radius 1 is 1.15 bits per heavy atom. The van der Waals surface area contributed by atoms with Gasteiger partial charge in [0, 0.05) is 5.02 Å². The largest absolute Gasteiger partial charge is 0.493 e. The summed E-state index contributed by atoms with van der Waals surface area (Å²) in [4.78, 5) is -0.455. The number of methoxy groups -OCH3 is 1. The fourth-order valence-electron chi connectivity index (χ4n) is 2.07. The van der Waals surface area contributed by atoms with Crippen molar-refractivity contribution in [3.63, 3.8) is 0 Å². The topological polar surface area (TPSA) is 100 Å². The highest BCUT2D eigenvalue weighted by Gasteiger charge is 2.21. The Labute approximate surface area is 156 Å². The van der Waals surface area contributed by atoms with Crippen molar-refractivity contribution in [1.82, 2.24) is 0 Å². The molecule has 2 aromatic carbocycles. The quantitative estimate of drug-likeness (QED) is 0.701. The highest BCUT2D eigenvalue weighted by atomic mass is 35.5. The Kier molecular flexibility index (Phi) is 6.24. The zero-order valence-electron chi connectivity index (χ0n) is 13.6. The number of hydrogen-bond donors (Lipinski definition) is 0. The molecule has 0 saturated heterocycles. The zero-order chi connectivity index (χ0) is 19.2. The van der Waals surface area contributed by atoms with Crippen molar-refractivity contribution in [2.75, 3.05) is 13.7 Å². The zero-order valence-corrected chi connectivity index (χ0v) is 15.2. The molecule has 0 N–H and O–H groups in total. The van der Waals surface area contributed by atoms with Crippen LogP contribution in [0.5, 0.6) is 11.5 Å². The predicted molar refractivity (Wildman–Crippen MR) is 96.3 cm³/mol. The first-order valence-corrected chi connectivity index (χ1v) is 9.08. The lowest BCUT2D eigenvalue weighted by atomic mass is 10.2. The van der Waals surface area contributed by atoms with Gasteiger partial charge in [-0.15, -0.1) is 0 Å². The van der Waals surface area contributed by atoms with Gasteiger partial charge in [0.2, 0.25) is 9.84 Å². The van der Waals surface area contributed by atoms with E-state index < -0.39 is 14.7 Å². The summed E-state index contributed by atoms with van der Waals surface area (Å²) in [7, 11) is -2.57. The Morgan fingerprint density at radius 2 is 1.85 bits per heavy atom. The van der Waals surface area contributed by atoms with Crippen molar-refractivity contribution in [2.45, 2.75) is 4.90 Å². The molecule has 2 rings (SSSR count). The molecule has 6 nitrogen and oxygen atoms in total. The predicted octanol–water partition coefficient (Wildman–Crippen LogP) is 3.59. The van der Waals surface area contributed by atoms with Crippen molar-refractivity contribution in [3.8, 4) is 23.6 Å². The molecule has 0 aromatic heterocycles. The van der Waals surface area contributed by atoms with Crippen LogP contribution in [0, 0.1) is 22.7 Å². The van der Waals surface area contributed by atoms with Crippen LogP contribution in [0.3, 0.4) is 0 Å². The number of rotatable bonds is 6. The summed E-state index contributed by atoms with van der Waals surface area (Å²) >= 11 is 5.77. The van der Waals surface area contributed by atoms with E-state index in [0.717, 1.165) is 0 Å². The maximum absolute atomic E-state index is 12.6. The van der Waals surface area contributed by atoms with Crippen molar-refractivity contribution in [1.29, 1.82) is 10.5 Å². The second kappa shape index (κ2) is 8.39. The van der Waals surface area contributed by atoms with Gasteiger partial charge in [0.25, 0.3) is 0 Å². The number of ether oxygens (including phenoxy) is 2. The summed E-state index contributed by atoms with van der Waals surface area (Å²) in [5.74, 6) is 0.653. The number of nitrogens with zero attached hydrogens (tertiary/aromatic N) is 2. The summed E-state index contributed by atoms with van der Waals surface area (Å²) in [6.07, 6.45) is 1.24. The molecule has 0 heterocycles. The van der Waals surface area contributed by atoms with Crippen LogP contribution in [0.2, 0.25) is 5.02 Å². The molecular formula is C18H13ClN2O4S. The molecule has 0 fully saturated rings. The minimum Gasteiger partial charge on any atom is -0.493 e. The molecule has 0 spiro atoms. The number of benzene rings is 2. The van der Waals surface area contributed by atoms with E-state index in [0.29, 0.717) is 22.1 Å². The van der Waals surface area contributed by atoms with Crippen LogP contribution in [0.15, 0.2) is 52.3 Å². The third kappa shape index (κ3) is 4.34. The lowest BCUT2D eigenvalue weighted by Gasteiger charge is -2.09. The van der Waals surface area contributed by atoms with Crippen LogP contribution >= 0.6 is 11.6 Å². The molecule has 0 radical (unpaired) electrons. The van der Waals surface area contributed by atoms with Crippen LogP contribution in [-0.2, 0) is 9.84 Å². The van der Waals surface area contributed by atoms with Gasteiger partial charge in [0.05, 0.1) is 12.0 Å². The second-order valence-corrected chi connectivity index (χ2v) is 7.29. The maximum atomic E-state index is 12.6. The summed E-state index contributed by atoms with van der Waals surface area (Å²) in [6, 6.07) is 13.7. The lowest BCUT2D eigenvalue weighted by molar-refractivity contribution is 0.329. The molecule has 0 aliphatic rings. The molecule has 0 aliphatic carbocycles. The number of nitriles is 2. The minimum atomic E-state index is -3.98. The number of hydrogen-bond acceptors (Lipinski definition) is 6. The Balaban J connectivity index is 2.44. The van der Waals surface area contributed by atoms with Gasteiger partial charge >= 0.3 is 0 Å². The summed E-state index contributed by atoms with van der Waals surface area (Å²) in [5, 5.41) is 18.3. The standard InChI is InChI=1S/C18H13ClN2O4S/c1-24-18-11-13(2-7-17(18)25-9-8-20)10-16(12-21)26(22,23)15-5-3-14(19)4-6-15/h2-7,10-11H,9H2,1H3/b16-10+. The fourth-order valence-corrected chi connectivity index (χ4v) is 3.35. The van der Waals surface area contributed by atoms with Gasteiger partial charge in [-0.25, -0.2) is 8.42 Å². The fraction of sp³-hybridized carbons (Fsp3) is 0.111. The van der Waals surface area contributed by atoms with Crippen LogP contribution in [0.1, 0.15) is 5.56 Å². The third-order valence-electron chi connectivity index (χ3n) is 3.30. The minimum absolute atomic E-state index is 0.0318. The second-order valence-electron chi connectivity index (χ2n) is 4.93. The van der Waals surface area contributed by atoms with Crippen molar-refractivity contribution < 1.29 is 17.9 Å². The van der Waals surface area contributed by atoms with Gasteiger partial charge in [-0.2, -0.15) is 10.5 Å². The van der Waals surface area contributed by atoms with E-state index in [2.05, 4.69) is 0 Å². The van der Waals surface area contributed by atoms with Gasteiger partial charge in [0.1, 0.15) is 17.0 Å². The lowest BCUT2D eigenvalue weighted by Crippen LogP contribution is -2.03. The SMILES string of the molecule is COc1cc(/C=C(\C#N)S(=O)(=O)c2ccc(Cl)cc2)ccc1OCC#N. The first-order chi connectivity index (χ1) is 12.4. The van der Waals surface area contributed by atoms with E-state index in [-0.39, 0.29) is 11.5 Å². The summed E-state index contributed by atoms with van der Waals surface area (Å²) < 4.78 is 35.6. The monoisotopic (exact) mass is 388 g/mol. The molecule has 26 heavy (non-hydrogen) atoms. The molecule has 0 amide bonds. The molecule has 132 valence electrons. The average molecular weight is 389 g/mol. The van der Waals surface area contributed by atoms with Crippen molar-refractivity contribution in [3.05, 3.63) is 58.0 Å². The van der Waals surface area contributed by atoms with Crippen molar-refractivity contribution in [2.24, 2.45) is 0 Å². The normalized spacial score (nSPS) is 11.3. The van der Waals surface area contributed by atoms with E-state index in [1.807, 2.05) is 6.07 Å². The highest BCUT2D eigenvalue weighted by molar-refractivity contribution is 7.95. The average Bonchev–Trinajstić information content (AvgIpc) is 2.64. The Morgan fingerprint density at radius 3 is 2.42 bits per heavy atom.